The van der Waals surface area contributed by atoms with Gasteiger partial charge in [0.05, 0.1) is 12.5 Å². The van der Waals surface area contributed by atoms with Gasteiger partial charge in [0.25, 0.3) is 0 Å². The van der Waals surface area contributed by atoms with Crippen LogP contribution in [0, 0.1) is 5.92 Å². The fraction of sp³-hybridized carbons (Fsp3) is 0.923. The second-order valence-corrected chi connectivity index (χ2v) is 5.81. The van der Waals surface area contributed by atoms with Crippen molar-refractivity contribution >= 4 is 5.91 Å². The first-order chi connectivity index (χ1) is 8.56. The van der Waals surface area contributed by atoms with Gasteiger partial charge in [0.15, 0.2) is 0 Å². The van der Waals surface area contributed by atoms with Gasteiger partial charge in [0.1, 0.15) is 0 Å². The Labute approximate surface area is 109 Å². The molecule has 3 heterocycles. The number of nitrogens with one attached hydrogen (secondary N) is 1. The molecule has 1 amide bonds. The molecule has 0 spiro atoms. The Kier molecular flexibility index (Phi) is 4.59. The number of carbonyl (C=O) groups excluding carboxylic acids is 1. The molecule has 0 radical (unpaired) electrons. The maximum Gasteiger partial charge on any atom is 0.222 e. The predicted octanol–water partition coefficient (Wildman–Crippen LogP) is -0.491. The highest BCUT2D eigenvalue weighted by molar-refractivity contribution is 5.76. The predicted molar refractivity (Wildman–Crippen MR) is 70.3 cm³/mol. The van der Waals surface area contributed by atoms with E-state index < -0.39 is 6.10 Å². The normalized spacial score (nSPS) is 32.6. The summed E-state index contributed by atoms with van der Waals surface area (Å²) in [4.78, 5) is 16.6. The lowest BCUT2D eigenvalue weighted by molar-refractivity contribution is -0.124. The van der Waals surface area contributed by atoms with Gasteiger partial charge in [-0.2, -0.15) is 0 Å². The minimum atomic E-state index is -0.531. The zero-order chi connectivity index (χ0) is 13.1. The number of carbonyl (C=O) groups is 1. The van der Waals surface area contributed by atoms with Crippen molar-refractivity contribution in [1.29, 1.82) is 0 Å². The average molecular weight is 255 g/mol. The summed E-state index contributed by atoms with van der Waals surface area (Å²) in [6.07, 6.45) is -0.314. The highest BCUT2D eigenvalue weighted by Crippen LogP contribution is 2.14. The van der Waals surface area contributed by atoms with Gasteiger partial charge in [-0.15, -0.1) is 0 Å². The van der Waals surface area contributed by atoms with Crippen LogP contribution in [-0.2, 0) is 4.79 Å². The zero-order valence-corrected chi connectivity index (χ0v) is 11.4. The fourth-order valence-electron chi connectivity index (χ4n) is 2.65. The lowest BCUT2D eigenvalue weighted by atomic mass is 10.0. The summed E-state index contributed by atoms with van der Waals surface area (Å²) < 4.78 is 0. The molecule has 2 atom stereocenters. The first-order valence-corrected chi connectivity index (χ1v) is 6.97. The monoisotopic (exact) mass is 255 g/mol. The molecule has 0 aromatic carbocycles. The molecule has 0 aromatic heterocycles. The van der Waals surface area contributed by atoms with Crippen LogP contribution in [0.4, 0.5) is 0 Å². The van der Waals surface area contributed by atoms with Gasteiger partial charge in [-0.05, 0) is 5.92 Å². The van der Waals surface area contributed by atoms with Crippen LogP contribution in [0.1, 0.15) is 20.3 Å². The summed E-state index contributed by atoms with van der Waals surface area (Å²) in [5, 5.41) is 12.6. The van der Waals surface area contributed by atoms with E-state index in [0.717, 1.165) is 32.7 Å². The Hall–Kier alpha value is -0.650. The third kappa shape index (κ3) is 3.43. The average Bonchev–Trinajstić information content (AvgIpc) is 2.37. The summed E-state index contributed by atoms with van der Waals surface area (Å²) in [5.41, 5.74) is 0. The summed E-state index contributed by atoms with van der Waals surface area (Å²) in [7, 11) is 0. The second kappa shape index (κ2) is 5.99. The van der Waals surface area contributed by atoms with E-state index in [1.807, 2.05) is 13.8 Å². The van der Waals surface area contributed by atoms with Crippen molar-refractivity contribution in [3.8, 4) is 0 Å². The molecule has 3 fully saturated rings. The maximum absolute atomic E-state index is 11.7. The molecule has 104 valence electrons. The van der Waals surface area contributed by atoms with Gasteiger partial charge >= 0.3 is 0 Å². The highest BCUT2D eigenvalue weighted by atomic mass is 16.3. The summed E-state index contributed by atoms with van der Waals surface area (Å²) >= 11 is 0. The lowest BCUT2D eigenvalue weighted by Crippen LogP contribution is -2.63. The molecule has 3 rings (SSSR count). The molecule has 5 heteroatoms. The molecule has 3 saturated heterocycles. The smallest absolute Gasteiger partial charge is 0.222 e. The van der Waals surface area contributed by atoms with Crippen molar-refractivity contribution in [2.24, 2.45) is 5.92 Å². The van der Waals surface area contributed by atoms with Crippen LogP contribution in [0.3, 0.4) is 0 Å². The van der Waals surface area contributed by atoms with Crippen LogP contribution < -0.4 is 5.32 Å². The Morgan fingerprint density at radius 1 is 1.33 bits per heavy atom. The van der Waals surface area contributed by atoms with Crippen LogP contribution in [-0.4, -0.2) is 72.2 Å². The number of amides is 1. The quantitative estimate of drug-likeness (QED) is 0.696. The molecule has 3 aliphatic rings. The first-order valence-electron chi connectivity index (χ1n) is 6.97. The van der Waals surface area contributed by atoms with E-state index in [0.29, 0.717) is 12.6 Å². The molecule has 2 unspecified atom stereocenters. The highest BCUT2D eigenvalue weighted by Gasteiger charge is 2.31. The van der Waals surface area contributed by atoms with Crippen molar-refractivity contribution in [3.05, 3.63) is 0 Å². The minimum absolute atomic E-state index is 0.0335. The van der Waals surface area contributed by atoms with Crippen molar-refractivity contribution in [3.63, 3.8) is 0 Å². The summed E-state index contributed by atoms with van der Waals surface area (Å²) in [6, 6.07) is 0.452. The SMILES string of the molecule is CC(C)C(O)CC(=O)NCC1CN2CCN1CC2. The summed E-state index contributed by atoms with van der Waals surface area (Å²) in [6.45, 7) is 10.2. The van der Waals surface area contributed by atoms with Gasteiger partial charge in [-0.25, -0.2) is 0 Å². The van der Waals surface area contributed by atoms with Gasteiger partial charge in [-0.1, -0.05) is 13.8 Å². The van der Waals surface area contributed by atoms with Gasteiger partial charge in [-0.3, -0.25) is 14.6 Å². The molecule has 0 aliphatic carbocycles. The molecule has 3 aliphatic heterocycles. The van der Waals surface area contributed by atoms with Gasteiger partial charge < -0.3 is 10.4 Å². The van der Waals surface area contributed by atoms with Crippen LogP contribution in [0.15, 0.2) is 0 Å². The Morgan fingerprint density at radius 3 is 2.50 bits per heavy atom. The molecule has 18 heavy (non-hydrogen) atoms. The number of aliphatic hydroxyl groups is 1. The van der Waals surface area contributed by atoms with E-state index in [1.165, 1.54) is 0 Å². The fourth-order valence-corrected chi connectivity index (χ4v) is 2.65. The van der Waals surface area contributed by atoms with Crippen LogP contribution >= 0.6 is 0 Å². The third-order valence-corrected chi connectivity index (χ3v) is 4.09. The number of hydrogen-bond acceptors (Lipinski definition) is 4. The van der Waals surface area contributed by atoms with E-state index in [2.05, 4.69) is 15.1 Å². The molecule has 2 N–H and O–H groups in total. The Balaban J connectivity index is 1.70. The number of fused-ring (bicyclic) bond motifs is 3. The van der Waals surface area contributed by atoms with E-state index in [-0.39, 0.29) is 18.2 Å². The van der Waals surface area contributed by atoms with E-state index in [1.54, 1.807) is 0 Å². The molecule has 2 bridgehead atoms. The number of nitrogens with zero attached hydrogens (tertiary/aromatic N) is 2. The lowest BCUT2D eigenvalue weighted by Gasteiger charge is -2.47. The van der Waals surface area contributed by atoms with Crippen molar-refractivity contribution in [2.75, 3.05) is 39.3 Å². The molecule has 0 saturated carbocycles. The van der Waals surface area contributed by atoms with Gasteiger partial charge in [0, 0.05) is 45.3 Å². The minimum Gasteiger partial charge on any atom is -0.392 e. The number of aliphatic hydroxyl groups excluding tert-OH is 1. The van der Waals surface area contributed by atoms with Gasteiger partial charge in [0.2, 0.25) is 5.91 Å². The molecular weight excluding hydrogens is 230 g/mol. The van der Waals surface area contributed by atoms with E-state index in [4.69, 9.17) is 0 Å². The maximum atomic E-state index is 11.7. The van der Waals surface area contributed by atoms with Crippen molar-refractivity contribution in [1.82, 2.24) is 15.1 Å². The Morgan fingerprint density at radius 2 is 2.00 bits per heavy atom. The zero-order valence-electron chi connectivity index (χ0n) is 11.4. The van der Waals surface area contributed by atoms with E-state index in [9.17, 15) is 9.90 Å². The topological polar surface area (TPSA) is 55.8 Å². The molecule has 5 nitrogen and oxygen atoms in total. The molecular formula is C13H25N3O2. The first kappa shape index (κ1) is 13.8. The number of rotatable bonds is 5. The molecule has 0 aromatic rings. The second-order valence-electron chi connectivity index (χ2n) is 5.81. The van der Waals surface area contributed by atoms with E-state index >= 15 is 0 Å². The summed E-state index contributed by atoms with van der Waals surface area (Å²) in [5.74, 6) is 0.102. The standard InChI is InChI=1S/C13H25N3O2/c1-10(2)12(17)7-13(18)14-8-11-9-15-3-5-16(11)6-4-15/h10-12,17H,3-9H2,1-2H3,(H,14,18). The number of hydrogen-bond donors (Lipinski definition) is 2. The Bertz CT molecular complexity index is 288. The van der Waals surface area contributed by atoms with Crippen LogP contribution in [0.25, 0.3) is 0 Å². The largest absolute Gasteiger partial charge is 0.392 e. The van der Waals surface area contributed by atoms with Crippen molar-refractivity contribution < 1.29 is 9.90 Å². The number of piperazine rings is 3. The van der Waals surface area contributed by atoms with Crippen molar-refractivity contribution in [2.45, 2.75) is 32.4 Å². The third-order valence-electron chi connectivity index (χ3n) is 4.09. The van der Waals surface area contributed by atoms with Crippen LogP contribution in [0.2, 0.25) is 0 Å². The van der Waals surface area contributed by atoms with Crippen LogP contribution in [0.5, 0.6) is 0 Å².